The van der Waals surface area contributed by atoms with Crippen molar-refractivity contribution in [2.75, 3.05) is 26.2 Å². The molecule has 0 aromatic heterocycles. The molecule has 0 aliphatic carbocycles. The number of hydrogen-bond acceptors (Lipinski definition) is 2. The lowest BCUT2D eigenvalue weighted by atomic mass is 9.88. The van der Waals surface area contributed by atoms with Crippen LogP contribution in [0.4, 0.5) is 0 Å². The van der Waals surface area contributed by atoms with Gasteiger partial charge in [-0.05, 0) is 57.2 Å². The second-order valence-electron chi connectivity index (χ2n) is 5.81. The minimum absolute atomic E-state index is 0.877. The van der Waals surface area contributed by atoms with Crippen LogP contribution in [0.2, 0.25) is 0 Å². The molecule has 94 valence electrons. The lowest BCUT2D eigenvalue weighted by molar-refractivity contribution is 0.144. The first-order chi connectivity index (χ1) is 7.81. The Bertz CT molecular complexity index is 199. The van der Waals surface area contributed by atoms with E-state index in [0.717, 1.165) is 17.9 Å². The minimum Gasteiger partial charge on any atom is -0.317 e. The van der Waals surface area contributed by atoms with Gasteiger partial charge in [-0.2, -0.15) is 0 Å². The van der Waals surface area contributed by atoms with Gasteiger partial charge in [0.05, 0.1) is 0 Å². The van der Waals surface area contributed by atoms with Crippen LogP contribution < -0.4 is 5.32 Å². The molecule has 0 bridgehead atoms. The van der Waals surface area contributed by atoms with Crippen molar-refractivity contribution in [2.45, 2.75) is 52.0 Å². The maximum atomic E-state index is 3.49. The van der Waals surface area contributed by atoms with Crippen LogP contribution in [-0.4, -0.2) is 37.1 Å². The number of nitrogens with one attached hydrogen (secondary N) is 1. The van der Waals surface area contributed by atoms with E-state index in [-0.39, 0.29) is 0 Å². The largest absolute Gasteiger partial charge is 0.317 e. The van der Waals surface area contributed by atoms with E-state index in [0.29, 0.717) is 0 Å². The van der Waals surface area contributed by atoms with Crippen molar-refractivity contribution in [1.82, 2.24) is 10.2 Å². The summed E-state index contributed by atoms with van der Waals surface area (Å²) in [5.41, 5.74) is 0. The summed E-state index contributed by atoms with van der Waals surface area (Å²) in [5.74, 6) is 1.86. The van der Waals surface area contributed by atoms with Crippen LogP contribution in [0.3, 0.4) is 0 Å². The van der Waals surface area contributed by atoms with Crippen molar-refractivity contribution < 1.29 is 0 Å². The Hall–Kier alpha value is -0.0800. The van der Waals surface area contributed by atoms with Crippen molar-refractivity contribution >= 4 is 0 Å². The van der Waals surface area contributed by atoms with Crippen molar-refractivity contribution in [1.29, 1.82) is 0 Å². The summed E-state index contributed by atoms with van der Waals surface area (Å²) in [6, 6.07) is 0.913. The molecule has 0 aromatic carbocycles. The van der Waals surface area contributed by atoms with Gasteiger partial charge in [0.1, 0.15) is 0 Å². The second kappa shape index (κ2) is 6.02. The third-order valence-corrected chi connectivity index (χ3v) is 4.59. The van der Waals surface area contributed by atoms with Crippen molar-refractivity contribution in [3.8, 4) is 0 Å². The van der Waals surface area contributed by atoms with Gasteiger partial charge in [-0.1, -0.05) is 20.3 Å². The molecule has 2 nitrogen and oxygen atoms in total. The molecule has 2 fully saturated rings. The predicted octanol–water partition coefficient (Wildman–Crippen LogP) is 2.50. The predicted molar refractivity (Wildman–Crippen MR) is 69.6 cm³/mol. The Morgan fingerprint density at radius 2 is 2.00 bits per heavy atom. The Morgan fingerprint density at radius 3 is 2.69 bits per heavy atom. The van der Waals surface area contributed by atoms with Gasteiger partial charge in [0.15, 0.2) is 0 Å². The molecule has 2 aliphatic rings. The molecule has 2 atom stereocenters. The van der Waals surface area contributed by atoms with Crippen molar-refractivity contribution in [3.05, 3.63) is 0 Å². The third-order valence-electron chi connectivity index (χ3n) is 4.59. The monoisotopic (exact) mass is 224 g/mol. The topological polar surface area (TPSA) is 15.3 Å². The average molecular weight is 224 g/mol. The highest BCUT2D eigenvalue weighted by molar-refractivity contribution is 4.87. The summed E-state index contributed by atoms with van der Waals surface area (Å²) >= 11 is 0. The summed E-state index contributed by atoms with van der Waals surface area (Å²) in [6.45, 7) is 9.92. The minimum atomic E-state index is 0.877. The zero-order chi connectivity index (χ0) is 11.4. The van der Waals surface area contributed by atoms with Crippen LogP contribution >= 0.6 is 0 Å². The molecular formula is C14H28N2. The summed E-state index contributed by atoms with van der Waals surface area (Å²) < 4.78 is 0. The highest BCUT2D eigenvalue weighted by atomic mass is 15.2. The Morgan fingerprint density at radius 1 is 1.25 bits per heavy atom. The Kier molecular flexibility index (Phi) is 4.66. The molecule has 2 heterocycles. The van der Waals surface area contributed by atoms with E-state index < -0.39 is 0 Å². The van der Waals surface area contributed by atoms with E-state index in [1.807, 2.05) is 0 Å². The zero-order valence-corrected chi connectivity index (χ0v) is 11.0. The molecule has 1 N–H and O–H groups in total. The number of rotatable bonds is 4. The summed E-state index contributed by atoms with van der Waals surface area (Å²) in [5, 5.41) is 3.49. The lowest BCUT2D eigenvalue weighted by Crippen LogP contribution is -2.42. The van der Waals surface area contributed by atoms with Gasteiger partial charge in [0.2, 0.25) is 0 Å². The molecule has 2 rings (SSSR count). The number of piperidine rings is 1. The number of nitrogens with zero attached hydrogens (tertiary/aromatic N) is 1. The van der Waals surface area contributed by atoms with E-state index in [2.05, 4.69) is 24.1 Å². The molecule has 0 amide bonds. The fourth-order valence-corrected chi connectivity index (χ4v) is 3.37. The quantitative estimate of drug-likeness (QED) is 0.789. The maximum Gasteiger partial charge on any atom is 0.0125 e. The van der Waals surface area contributed by atoms with Crippen LogP contribution in [0.15, 0.2) is 0 Å². The molecule has 2 aliphatic heterocycles. The molecule has 0 spiro atoms. The van der Waals surface area contributed by atoms with Gasteiger partial charge >= 0.3 is 0 Å². The molecule has 0 radical (unpaired) electrons. The van der Waals surface area contributed by atoms with Crippen LogP contribution in [0, 0.1) is 11.8 Å². The average Bonchev–Trinajstić information content (AvgIpc) is 2.78. The van der Waals surface area contributed by atoms with Gasteiger partial charge in [-0.25, -0.2) is 0 Å². The summed E-state index contributed by atoms with van der Waals surface area (Å²) in [4.78, 5) is 2.80. The summed E-state index contributed by atoms with van der Waals surface area (Å²) in [6.07, 6.45) is 7.03. The van der Waals surface area contributed by atoms with E-state index >= 15 is 0 Å². The van der Waals surface area contributed by atoms with Crippen LogP contribution in [0.25, 0.3) is 0 Å². The molecular weight excluding hydrogens is 196 g/mol. The van der Waals surface area contributed by atoms with Crippen LogP contribution in [0.5, 0.6) is 0 Å². The van der Waals surface area contributed by atoms with E-state index in [4.69, 9.17) is 0 Å². The standard InChI is InChI=1S/C14H28N2/c1-3-12(2)11-16-10-4-5-14(16)13-6-8-15-9-7-13/h12-15H,3-11H2,1-2H3. The molecule has 2 heteroatoms. The maximum absolute atomic E-state index is 3.49. The van der Waals surface area contributed by atoms with E-state index in [1.54, 1.807) is 0 Å². The SMILES string of the molecule is CCC(C)CN1CCCC1C1CCNCC1. The van der Waals surface area contributed by atoms with Gasteiger partial charge in [0, 0.05) is 12.6 Å². The molecule has 2 unspecified atom stereocenters. The molecule has 0 saturated carbocycles. The molecule has 0 aromatic rings. The van der Waals surface area contributed by atoms with Gasteiger partial charge in [0.25, 0.3) is 0 Å². The van der Waals surface area contributed by atoms with Crippen LogP contribution in [-0.2, 0) is 0 Å². The molecule has 16 heavy (non-hydrogen) atoms. The Labute approximate surface area is 101 Å². The first-order valence-corrected chi connectivity index (χ1v) is 7.26. The first-order valence-electron chi connectivity index (χ1n) is 7.26. The Balaban J connectivity index is 1.86. The number of hydrogen-bond donors (Lipinski definition) is 1. The fourth-order valence-electron chi connectivity index (χ4n) is 3.37. The van der Waals surface area contributed by atoms with E-state index in [1.165, 1.54) is 58.3 Å². The van der Waals surface area contributed by atoms with Crippen molar-refractivity contribution in [3.63, 3.8) is 0 Å². The normalized spacial score (nSPS) is 30.8. The smallest absolute Gasteiger partial charge is 0.0125 e. The first kappa shape index (κ1) is 12.4. The van der Waals surface area contributed by atoms with Gasteiger partial charge in [-0.3, -0.25) is 4.90 Å². The third kappa shape index (κ3) is 2.98. The van der Waals surface area contributed by atoms with E-state index in [9.17, 15) is 0 Å². The molecule has 2 saturated heterocycles. The van der Waals surface area contributed by atoms with Crippen molar-refractivity contribution in [2.24, 2.45) is 11.8 Å². The highest BCUT2D eigenvalue weighted by Gasteiger charge is 2.32. The van der Waals surface area contributed by atoms with Gasteiger partial charge < -0.3 is 5.32 Å². The second-order valence-corrected chi connectivity index (χ2v) is 5.81. The fraction of sp³-hybridized carbons (Fsp3) is 1.00. The summed E-state index contributed by atoms with van der Waals surface area (Å²) in [7, 11) is 0. The van der Waals surface area contributed by atoms with Crippen LogP contribution in [0.1, 0.15) is 46.0 Å². The lowest BCUT2D eigenvalue weighted by Gasteiger charge is -2.35. The van der Waals surface area contributed by atoms with Gasteiger partial charge in [-0.15, -0.1) is 0 Å². The number of likely N-dealkylation sites (tertiary alicyclic amines) is 1. The zero-order valence-electron chi connectivity index (χ0n) is 11.0. The highest BCUT2D eigenvalue weighted by Crippen LogP contribution is 2.30.